The zero-order valence-corrected chi connectivity index (χ0v) is 14.9. The summed E-state index contributed by atoms with van der Waals surface area (Å²) in [5.74, 6) is 1.42. The van der Waals surface area contributed by atoms with Crippen molar-refractivity contribution in [2.45, 2.75) is 13.0 Å². The molecule has 1 aliphatic heterocycles. The number of ether oxygens (including phenoxy) is 2. The summed E-state index contributed by atoms with van der Waals surface area (Å²) in [6.45, 7) is 1.26. The lowest BCUT2D eigenvalue weighted by molar-refractivity contribution is 0.0735. The van der Waals surface area contributed by atoms with Crippen molar-refractivity contribution in [2.75, 3.05) is 20.8 Å². The van der Waals surface area contributed by atoms with E-state index in [1.165, 1.54) is 5.56 Å². The number of carbonyl (C=O) groups is 1. The van der Waals surface area contributed by atoms with E-state index in [2.05, 4.69) is 4.98 Å². The summed E-state index contributed by atoms with van der Waals surface area (Å²) in [5, 5.41) is 1.06. The number of aromatic nitrogens is 1. The molecule has 132 valence electrons. The van der Waals surface area contributed by atoms with Gasteiger partial charge in [-0.1, -0.05) is 18.2 Å². The van der Waals surface area contributed by atoms with Crippen LogP contribution in [-0.2, 0) is 13.0 Å². The van der Waals surface area contributed by atoms with Gasteiger partial charge in [0.05, 0.1) is 19.7 Å². The Morgan fingerprint density at radius 1 is 1.08 bits per heavy atom. The molecule has 26 heavy (non-hydrogen) atoms. The number of nitrogens with zero attached hydrogens (tertiary/aromatic N) is 2. The normalized spacial score (nSPS) is 13.4. The van der Waals surface area contributed by atoms with Gasteiger partial charge in [-0.25, -0.2) is 0 Å². The van der Waals surface area contributed by atoms with Gasteiger partial charge < -0.3 is 14.4 Å². The molecule has 0 spiro atoms. The third kappa shape index (κ3) is 2.75. The summed E-state index contributed by atoms with van der Waals surface area (Å²) in [5.41, 5.74) is 3.91. The van der Waals surface area contributed by atoms with Crippen LogP contribution in [0.25, 0.3) is 10.9 Å². The third-order valence-electron chi connectivity index (χ3n) is 4.87. The first-order valence-corrected chi connectivity index (χ1v) is 8.58. The van der Waals surface area contributed by atoms with Crippen molar-refractivity contribution in [1.82, 2.24) is 9.88 Å². The van der Waals surface area contributed by atoms with Crippen LogP contribution in [0.2, 0.25) is 0 Å². The van der Waals surface area contributed by atoms with Crippen molar-refractivity contribution in [3.63, 3.8) is 0 Å². The van der Waals surface area contributed by atoms with Gasteiger partial charge in [0, 0.05) is 36.3 Å². The zero-order valence-electron chi connectivity index (χ0n) is 14.9. The number of fused-ring (bicyclic) bond motifs is 3. The monoisotopic (exact) mass is 348 g/mol. The maximum atomic E-state index is 12.7. The van der Waals surface area contributed by atoms with Crippen molar-refractivity contribution in [2.24, 2.45) is 0 Å². The number of rotatable bonds is 3. The van der Waals surface area contributed by atoms with Gasteiger partial charge in [0.25, 0.3) is 5.91 Å². The van der Waals surface area contributed by atoms with E-state index in [4.69, 9.17) is 9.47 Å². The lowest BCUT2D eigenvalue weighted by atomic mass is 9.96. The molecule has 0 saturated heterocycles. The Morgan fingerprint density at radius 2 is 1.81 bits per heavy atom. The van der Waals surface area contributed by atoms with Crippen LogP contribution in [0.1, 0.15) is 21.5 Å². The molecule has 3 aromatic rings. The van der Waals surface area contributed by atoms with Crippen molar-refractivity contribution < 1.29 is 14.3 Å². The van der Waals surface area contributed by atoms with Gasteiger partial charge in [-0.3, -0.25) is 9.78 Å². The first kappa shape index (κ1) is 16.4. The fraction of sp³-hybridized carbons (Fsp3) is 0.238. The molecule has 5 heteroatoms. The Bertz CT molecular complexity index is 970. The molecule has 2 heterocycles. The average molecular weight is 348 g/mol. The molecule has 1 aliphatic rings. The molecule has 0 atom stereocenters. The molecule has 0 N–H and O–H groups in total. The molecule has 0 aliphatic carbocycles. The van der Waals surface area contributed by atoms with Crippen LogP contribution in [-0.4, -0.2) is 36.6 Å². The molecular weight excluding hydrogens is 328 g/mol. The molecule has 1 amide bonds. The second kappa shape index (κ2) is 6.67. The number of methoxy groups -OCH3 is 2. The minimum absolute atomic E-state index is 0.0589. The lowest BCUT2D eigenvalue weighted by Crippen LogP contribution is -2.36. The molecule has 1 aromatic heterocycles. The summed E-state index contributed by atoms with van der Waals surface area (Å²) >= 11 is 0. The summed E-state index contributed by atoms with van der Waals surface area (Å²) in [7, 11) is 3.25. The van der Waals surface area contributed by atoms with E-state index in [-0.39, 0.29) is 5.91 Å². The number of carbonyl (C=O) groups excluding carboxylic acids is 1. The maximum absolute atomic E-state index is 12.7. The van der Waals surface area contributed by atoms with Crippen LogP contribution in [0.3, 0.4) is 0 Å². The van der Waals surface area contributed by atoms with Gasteiger partial charge in [-0.2, -0.15) is 0 Å². The molecule has 0 radical (unpaired) electrons. The number of hydrogen-bond donors (Lipinski definition) is 0. The number of benzene rings is 2. The molecule has 4 rings (SSSR count). The SMILES string of the molecule is COc1cc2ncc3c(c2cc1OC)CCN(C(=O)c1ccccc1)C3. The third-order valence-corrected chi connectivity index (χ3v) is 4.87. The van der Waals surface area contributed by atoms with Crippen molar-refractivity contribution in [1.29, 1.82) is 0 Å². The minimum Gasteiger partial charge on any atom is -0.493 e. The van der Waals surface area contributed by atoms with E-state index in [9.17, 15) is 4.79 Å². The highest BCUT2D eigenvalue weighted by Crippen LogP contribution is 2.35. The van der Waals surface area contributed by atoms with E-state index in [0.29, 0.717) is 24.6 Å². The first-order valence-electron chi connectivity index (χ1n) is 8.58. The molecule has 2 aromatic carbocycles. The summed E-state index contributed by atoms with van der Waals surface area (Å²) in [6.07, 6.45) is 2.66. The number of pyridine rings is 1. The molecule has 5 nitrogen and oxygen atoms in total. The Hall–Kier alpha value is -3.08. The quantitative estimate of drug-likeness (QED) is 0.727. The van der Waals surface area contributed by atoms with Crippen LogP contribution < -0.4 is 9.47 Å². The second-order valence-electron chi connectivity index (χ2n) is 6.33. The molecular formula is C21H20N2O3. The maximum Gasteiger partial charge on any atom is 0.254 e. The Labute approximate surface area is 152 Å². The smallest absolute Gasteiger partial charge is 0.254 e. The largest absolute Gasteiger partial charge is 0.493 e. The summed E-state index contributed by atoms with van der Waals surface area (Å²) in [4.78, 5) is 19.2. The lowest BCUT2D eigenvalue weighted by Gasteiger charge is -2.29. The molecule has 0 fully saturated rings. The van der Waals surface area contributed by atoms with Crippen molar-refractivity contribution in [3.05, 3.63) is 65.4 Å². The van der Waals surface area contributed by atoms with Crippen LogP contribution in [0.15, 0.2) is 48.7 Å². The van der Waals surface area contributed by atoms with Crippen LogP contribution >= 0.6 is 0 Å². The van der Waals surface area contributed by atoms with Crippen molar-refractivity contribution >= 4 is 16.8 Å². The van der Waals surface area contributed by atoms with Gasteiger partial charge in [0.1, 0.15) is 0 Å². The van der Waals surface area contributed by atoms with E-state index in [0.717, 1.165) is 28.5 Å². The standard InChI is InChI=1S/C21H20N2O3/c1-25-19-10-17-16-8-9-23(21(24)14-6-4-3-5-7-14)13-15(16)12-22-18(17)11-20(19)26-2/h3-7,10-12H,8-9,13H2,1-2H3. The highest BCUT2D eigenvalue weighted by Gasteiger charge is 2.24. The average Bonchev–Trinajstić information content (AvgIpc) is 2.72. The minimum atomic E-state index is 0.0589. The van der Waals surface area contributed by atoms with Gasteiger partial charge in [0.2, 0.25) is 0 Å². The van der Waals surface area contributed by atoms with Gasteiger partial charge in [-0.05, 0) is 35.7 Å². The zero-order chi connectivity index (χ0) is 18.1. The van der Waals surface area contributed by atoms with Gasteiger partial charge in [-0.15, -0.1) is 0 Å². The van der Waals surface area contributed by atoms with E-state index < -0.39 is 0 Å². The second-order valence-corrected chi connectivity index (χ2v) is 6.33. The van der Waals surface area contributed by atoms with Crippen LogP contribution in [0.4, 0.5) is 0 Å². The Morgan fingerprint density at radius 3 is 2.54 bits per heavy atom. The first-order chi connectivity index (χ1) is 12.7. The predicted molar refractivity (Wildman–Crippen MR) is 99.7 cm³/mol. The van der Waals surface area contributed by atoms with Gasteiger partial charge >= 0.3 is 0 Å². The van der Waals surface area contributed by atoms with Crippen LogP contribution in [0, 0.1) is 0 Å². The van der Waals surface area contributed by atoms with E-state index >= 15 is 0 Å². The fourth-order valence-electron chi connectivity index (χ4n) is 3.51. The van der Waals surface area contributed by atoms with Crippen LogP contribution in [0.5, 0.6) is 11.5 Å². The van der Waals surface area contributed by atoms with Gasteiger partial charge in [0.15, 0.2) is 11.5 Å². The fourth-order valence-corrected chi connectivity index (χ4v) is 3.51. The highest BCUT2D eigenvalue weighted by atomic mass is 16.5. The Balaban J connectivity index is 1.70. The van der Waals surface area contributed by atoms with E-state index in [1.54, 1.807) is 14.2 Å². The molecule has 0 unspecified atom stereocenters. The number of amides is 1. The highest BCUT2D eigenvalue weighted by molar-refractivity contribution is 5.94. The summed E-state index contributed by atoms with van der Waals surface area (Å²) in [6, 6.07) is 13.3. The van der Waals surface area contributed by atoms with Crippen molar-refractivity contribution in [3.8, 4) is 11.5 Å². The predicted octanol–water partition coefficient (Wildman–Crippen LogP) is 3.45. The molecule has 0 saturated carbocycles. The Kier molecular flexibility index (Phi) is 4.21. The topological polar surface area (TPSA) is 51.7 Å². The van der Waals surface area contributed by atoms with E-state index in [1.807, 2.05) is 53.6 Å². The summed E-state index contributed by atoms with van der Waals surface area (Å²) < 4.78 is 10.8. The molecule has 0 bridgehead atoms. The number of hydrogen-bond acceptors (Lipinski definition) is 4.